The molecule has 2 N–H and O–H groups in total. The zero-order valence-corrected chi connectivity index (χ0v) is 17.8. The zero-order chi connectivity index (χ0) is 21.3. The van der Waals surface area contributed by atoms with Gasteiger partial charge in [-0.05, 0) is 67.3 Å². The number of nitrogens with two attached hydrogens (primary N) is 1. The lowest BCUT2D eigenvalue weighted by atomic mass is 10.1. The van der Waals surface area contributed by atoms with Crippen LogP contribution < -0.4 is 10.5 Å². The molecule has 0 aliphatic heterocycles. The zero-order valence-electron chi connectivity index (χ0n) is 17.1. The molecule has 0 aliphatic rings. The lowest BCUT2D eigenvalue weighted by Crippen LogP contribution is -2.20. The summed E-state index contributed by atoms with van der Waals surface area (Å²) in [6, 6.07) is 17.4. The maximum absolute atomic E-state index is 5.94. The predicted octanol–water partition coefficient (Wildman–Crippen LogP) is 5.23. The van der Waals surface area contributed by atoms with Crippen LogP contribution in [-0.4, -0.2) is 17.6 Å². The third-order valence-corrected chi connectivity index (χ3v) is 4.72. The van der Waals surface area contributed by atoms with Gasteiger partial charge in [0.1, 0.15) is 11.4 Å². The average molecular weight is 415 g/mol. The van der Waals surface area contributed by atoms with Crippen LogP contribution in [0, 0.1) is 30.6 Å². The molecule has 150 valence electrons. The summed E-state index contributed by atoms with van der Waals surface area (Å²) < 4.78 is 5.82. The van der Waals surface area contributed by atoms with Crippen LogP contribution in [0.1, 0.15) is 30.2 Å². The summed E-state index contributed by atoms with van der Waals surface area (Å²) >= 11 is 5.94. The van der Waals surface area contributed by atoms with E-state index in [4.69, 9.17) is 22.1 Å². The number of aromatic nitrogens is 1. The van der Waals surface area contributed by atoms with Crippen LogP contribution >= 0.6 is 11.6 Å². The second-order valence-corrected chi connectivity index (χ2v) is 7.24. The molecular formula is C26H23ClN2O. The average Bonchev–Trinajstić information content (AvgIpc) is 2.75. The summed E-state index contributed by atoms with van der Waals surface area (Å²) in [6.45, 7) is 4.32. The van der Waals surface area contributed by atoms with Crippen molar-refractivity contribution in [2.24, 2.45) is 5.73 Å². The normalized spacial score (nSPS) is 10.9. The second kappa shape index (κ2) is 10.5. The number of pyridine rings is 1. The Bertz CT molecular complexity index is 1110. The standard InChI is InChI=1S/C26H23ClN2O/c1-3-4-24(28)15-16-30-26-14-6-20(17-19(26)2)5-12-25-13-9-22(18-29-25)21-7-10-23(27)11-8-21/h6-11,13-14,17-18,24H,15-16,28H2,1-2H3. The Kier molecular flexibility index (Phi) is 7.52. The van der Waals surface area contributed by atoms with Crippen molar-refractivity contribution in [2.45, 2.75) is 26.3 Å². The van der Waals surface area contributed by atoms with Gasteiger partial charge in [0.25, 0.3) is 0 Å². The van der Waals surface area contributed by atoms with Crippen LogP contribution in [0.3, 0.4) is 0 Å². The summed E-state index contributed by atoms with van der Waals surface area (Å²) in [4.78, 5) is 4.45. The third kappa shape index (κ3) is 6.13. The lowest BCUT2D eigenvalue weighted by molar-refractivity contribution is 0.304. The fourth-order valence-electron chi connectivity index (χ4n) is 2.86. The maximum atomic E-state index is 5.94. The van der Waals surface area contributed by atoms with E-state index in [0.717, 1.165) is 38.7 Å². The summed E-state index contributed by atoms with van der Waals surface area (Å²) in [5.74, 6) is 12.9. The Morgan fingerprint density at radius 3 is 2.47 bits per heavy atom. The van der Waals surface area contributed by atoms with Gasteiger partial charge in [0.2, 0.25) is 0 Å². The lowest BCUT2D eigenvalue weighted by Gasteiger charge is -2.10. The summed E-state index contributed by atoms with van der Waals surface area (Å²) in [7, 11) is 0. The van der Waals surface area contributed by atoms with Crippen LogP contribution in [0.5, 0.6) is 5.75 Å². The molecular weight excluding hydrogens is 392 g/mol. The van der Waals surface area contributed by atoms with Gasteiger partial charge >= 0.3 is 0 Å². The van der Waals surface area contributed by atoms with E-state index in [1.807, 2.05) is 67.7 Å². The van der Waals surface area contributed by atoms with Crippen molar-refractivity contribution in [1.82, 2.24) is 4.98 Å². The second-order valence-electron chi connectivity index (χ2n) is 6.81. The third-order valence-electron chi connectivity index (χ3n) is 4.47. The predicted molar refractivity (Wildman–Crippen MR) is 123 cm³/mol. The monoisotopic (exact) mass is 414 g/mol. The van der Waals surface area contributed by atoms with Crippen molar-refractivity contribution in [3.63, 3.8) is 0 Å². The topological polar surface area (TPSA) is 48.1 Å². The van der Waals surface area contributed by atoms with Crippen molar-refractivity contribution < 1.29 is 4.74 Å². The molecule has 2 aromatic carbocycles. The first-order valence-corrected chi connectivity index (χ1v) is 10.1. The van der Waals surface area contributed by atoms with Crippen LogP contribution in [0.2, 0.25) is 5.02 Å². The Morgan fingerprint density at radius 1 is 1.03 bits per heavy atom. The van der Waals surface area contributed by atoms with Gasteiger partial charge in [-0.1, -0.05) is 41.6 Å². The van der Waals surface area contributed by atoms with Crippen LogP contribution in [0.25, 0.3) is 11.1 Å². The van der Waals surface area contributed by atoms with E-state index in [-0.39, 0.29) is 6.04 Å². The van der Waals surface area contributed by atoms with Crippen molar-refractivity contribution in [1.29, 1.82) is 0 Å². The van der Waals surface area contributed by atoms with E-state index in [9.17, 15) is 0 Å². The van der Waals surface area contributed by atoms with E-state index in [1.165, 1.54) is 0 Å². The Balaban J connectivity index is 1.63. The van der Waals surface area contributed by atoms with E-state index >= 15 is 0 Å². The number of hydrogen-bond acceptors (Lipinski definition) is 3. The molecule has 1 atom stereocenters. The highest BCUT2D eigenvalue weighted by Gasteiger charge is 2.03. The Morgan fingerprint density at radius 2 is 1.80 bits per heavy atom. The van der Waals surface area contributed by atoms with Gasteiger partial charge in [0.05, 0.1) is 12.6 Å². The molecule has 0 amide bonds. The van der Waals surface area contributed by atoms with E-state index in [2.05, 4.69) is 28.7 Å². The highest BCUT2D eigenvalue weighted by Crippen LogP contribution is 2.21. The fraction of sp³-hybridized carbons (Fsp3) is 0.192. The molecule has 4 heteroatoms. The van der Waals surface area contributed by atoms with Gasteiger partial charge in [-0.2, -0.15) is 0 Å². The van der Waals surface area contributed by atoms with Crippen molar-refractivity contribution in [3.8, 4) is 40.6 Å². The quantitative estimate of drug-likeness (QED) is 0.581. The maximum Gasteiger partial charge on any atom is 0.122 e. The Hall–Kier alpha value is -3.24. The summed E-state index contributed by atoms with van der Waals surface area (Å²) in [5.41, 5.74) is 10.6. The SMILES string of the molecule is CC#CC(N)CCOc1ccc(C#Cc2ccc(-c3ccc(Cl)cc3)cn2)cc1C. The number of rotatable bonds is 5. The molecule has 3 nitrogen and oxygen atoms in total. The number of hydrogen-bond donors (Lipinski definition) is 1. The van der Waals surface area contributed by atoms with Gasteiger partial charge < -0.3 is 10.5 Å². The van der Waals surface area contributed by atoms with Gasteiger partial charge in [0, 0.05) is 28.8 Å². The van der Waals surface area contributed by atoms with E-state index in [0.29, 0.717) is 13.0 Å². The molecule has 30 heavy (non-hydrogen) atoms. The number of nitrogens with zero attached hydrogens (tertiary/aromatic N) is 1. The molecule has 1 aromatic heterocycles. The molecule has 0 aliphatic carbocycles. The number of halogens is 1. The molecule has 0 spiro atoms. The summed E-state index contributed by atoms with van der Waals surface area (Å²) in [5, 5.41) is 0.718. The molecule has 1 unspecified atom stereocenters. The molecule has 0 fully saturated rings. The largest absolute Gasteiger partial charge is 0.493 e. The molecule has 0 saturated heterocycles. The van der Waals surface area contributed by atoms with Crippen LogP contribution in [-0.2, 0) is 0 Å². The molecule has 0 bridgehead atoms. The first-order chi connectivity index (χ1) is 14.5. The minimum atomic E-state index is -0.154. The Labute approximate surface area is 183 Å². The van der Waals surface area contributed by atoms with Gasteiger partial charge in [-0.15, -0.1) is 5.92 Å². The van der Waals surface area contributed by atoms with Crippen LogP contribution in [0.4, 0.5) is 0 Å². The minimum absolute atomic E-state index is 0.154. The van der Waals surface area contributed by atoms with Gasteiger partial charge in [0.15, 0.2) is 0 Å². The van der Waals surface area contributed by atoms with E-state index in [1.54, 1.807) is 6.92 Å². The first-order valence-electron chi connectivity index (χ1n) is 9.70. The van der Waals surface area contributed by atoms with Crippen LogP contribution in [0.15, 0.2) is 60.8 Å². The van der Waals surface area contributed by atoms with Crippen molar-refractivity contribution in [2.75, 3.05) is 6.61 Å². The highest BCUT2D eigenvalue weighted by molar-refractivity contribution is 6.30. The molecule has 3 rings (SSSR count). The molecule has 3 aromatic rings. The minimum Gasteiger partial charge on any atom is -0.493 e. The number of benzene rings is 2. The van der Waals surface area contributed by atoms with Gasteiger partial charge in [-0.3, -0.25) is 0 Å². The van der Waals surface area contributed by atoms with E-state index < -0.39 is 0 Å². The molecule has 0 radical (unpaired) electrons. The smallest absolute Gasteiger partial charge is 0.122 e. The molecule has 1 heterocycles. The van der Waals surface area contributed by atoms with Crippen molar-refractivity contribution in [3.05, 3.63) is 82.6 Å². The van der Waals surface area contributed by atoms with Crippen molar-refractivity contribution >= 4 is 11.6 Å². The highest BCUT2D eigenvalue weighted by atomic mass is 35.5. The van der Waals surface area contributed by atoms with Gasteiger partial charge in [-0.25, -0.2) is 4.98 Å². The fourth-order valence-corrected chi connectivity index (χ4v) is 2.99. The first kappa shape index (κ1) is 21.5. The summed E-state index contributed by atoms with van der Waals surface area (Å²) in [6.07, 6.45) is 2.52. The molecule has 0 saturated carbocycles. The number of aryl methyl sites for hydroxylation is 1. The number of ether oxygens (including phenoxy) is 1.